The Bertz CT molecular complexity index is 863. The number of aryl methyl sites for hydroxylation is 3. The van der Waals surface area contributed by atoms with Crippen molar-refractivity contribution in [1.82, 2.24) is 10.3 Å². The lowest BCUT2D eigenvalue weighted by Crippen LogP contribution is -2.28. The van der Waals surface area contributed by atoms with Gasteiger partial charge in [0.25, 0.3) is 5.91 Å². The second-order valence-electron chi connectivity index (χ2n) is 6.14. The molecule has 0 saturated heterocycles. The standard InChI is InChI=1S/C20H22N2O2/c1-13-4-6-16(7-5-13)24-9-8-21-20(23)19-12-17-15(3)10-14(2)11-18(17)22-19/h4-7,10-12,22H,8-9H2,1-3H3,(H,21,23). The Morgan fingerprint density at radius 2 is 1.79 bits per heavy atom. The molecule has 0 bridgehead atoms. The van der Waals surface area contributed by atoms with E-state index in [0.29, 0.717) is 18.8 Å². The fraction of sp³-hybridized carbons (Fsp3) is 0.250. The summed E-state index contributed by atoms with van der Waals surface area (Å²) in [6.07, 6.45) is 0. The van der Waals surface area contributed by atoms with Crippen LogP contribution < -0.4 is 10.1 Å². The molecule has 1 aromatic heterocycles. The van der Waals surface area contributed by atoms with Gasteiger partial charge in [-0.1, -0.05) is 23.8 Å². The van der Waals surface area contributed by atoms with Crippen molar-refractivity contribution < 1.29 is 9.53 Å². The molecule has 0 unspecified atom stereocenters. The van der Waals surface area contributed by atoms with Crippen LogP contribution in [0.5, 0.6) is 5.75 Å². The minimum atomic E-state index is -0.115. The first-order valence-electron chi connectivity index (χ1n) is 8.10. The molecule has 3 rings (SSSR count). The van der Waals surface area contributed by atoms with Crippen LogP contribution in [-0.4, -0.2) is 24.0 Å². The fourth-order valence-corrected chi connectivity index (χ4v) is 2.78. The van der Waals surface area contributed by atoms with Gasteiger partial charge in [-0.3, -0.25) is 4.79 Å². The van der Waals surface area contributed by atoms with Crippen LogP contribution >= 0.6 is 0 Å². The molecule has 3 aromatic rings. The zero-order valence-corrected chi connectivity index (χ0v) is 14.3. The molecule has 0 saturated carbocycles. The molecule has 24 heavy (non-hydrogen) atoms. The molecule has 2 N–H and O–H groups in total. The van der Waals surface area contributed by atoms with Crippen molar-refractivity contribution in [3.05, 3.63) is 64.8 Å². The molecule has 0 aliphatic rings. The van der Waals surface area contributed by atoms with Gasteiger partial charge in [-0.25, -0.2) is 0 Å². The summed E-state index contributed by atoms with van der Waals surface area (Å²) in [7, 11) is 0. The van der Waals surface area contributed by atoms with Gasteiger partial charge in [-0.05, 0) is 56.2 Å². The van der Waals surface area contributed by atoms with E-state index < -0.39 is 0 Å². The van der Waals surface area contributed by atoms with Gasteiger partial charge in [0.2, 0.25) is 0 Å². The highest BCUT2D eigenvalue weighted by molar-refractivity contribution is 5.98. The third kappa shape index (κ3) is 3.59. The second-order valence-corrected chi connectivity index (χ2v) is 6.14. The number of carbonyl (C=O) groups is 1. The van der Waals surface area contributed by atoms with Crippen molar-refractivity contribution in [3.8, 4) is 5.75 Å². The van der Waals surface area contributed by atoms with E-state index in [2.05, 4.69) is 36.3 Å². The van der Waals surface area contributed by atoms with Gasteiger partial charge in [0, 0.05) is 10.9 Å². The molecule has 4 heteroatoms. The van der Waals surface area contributed by atoms with Crippen LogP contribution in [-0.2, 0) is 0 Å². The van der Waals surface area contributed by atoms with Crippen molar-refractivity contribution in [3.63, 3.8) is 0 Å². The number of aromatic nitrogens is 1. The van der Waals surface area contributed by atoms with E-state index in [0.717, 1.165) is 16.7 Å². The Morgan fingerprint density at radius 1 is 1.04 bits per heavy atom. The highest BCUT2D eigenvalue weighted by Crippen LogP contribution is 2.21. The molecule has 0 atom stereocenters. The van der Waals surface area contributed by atoms with Gasteiger partial charge in [0.1, 0.15) is 18.1 Å². The molecule has 0 aliphatic heterocycles. The zero-order valence-electron chi connectivity index (χ0n) is 14.3. The van der Waals surface area contributed by atoms with E-state index in [-0.39, 0.29) is 5.91 Å². The van der Waals surface area contributed by atoms with E-state index in [1.165, 1.54) is 16.7 Å². The number of carbonyl (C=O) groups excluding carboxylic acids is 1. The maximum atomic E-state index is 12.3. The number of benzene rings is 2. The van der Waals surface area contributed by atoms with Crippen molar-refractivity contribution in [2.45, 2.75) is 20.8 Å². The van der Waals surface area contributed by atoms with Gasteiger partial charge in [-0.2, -0.15) is 0 Å². The highest BCUT2D eigenvalue weighted by Gasteiger charge is 2.10. The molecule has 0 radical (unpaired) electrons. The average Bonchev–Trinajstić information content (AvgIpc) is 2.97. The molecule has 124 valence electrons. The Labute approximate surface area is 141 Å². The van der Waals surface area contributed by atoms with Gasteiger partial charge < -0.3 is 15.0 Å². The lowest BCUT2D eigenvalue weighted by molar-refractivity contribution is 0.0943. The van der Waals surface area contributed by atoms with E-state index in [4.69, 9.17) is 4.74 Å². The maximum Gasteiger partial charge on any atom is 0.267 e. The topological polar surface area (TPSA) is 54.1 Å². The minimum absolute atomic E-state index is 0.115. The predicted molar refractivity (Wildman–Crippen MR) is 96.8 cm³/mol. The molecule has 1 heterocycles. The largest absolute Gasteiger partial charge is 0.492 e. The zero-order chi connectivity index (χ0) is 17.1. The SMILES string of the molecule is Cc1ccc(OCCNC(=O)c2cc3c(C)cc(C)cc3[nH]2)cc1. The number of hydrogen-bond acceptors (Lipinski definition) is 2. The van der Waals surface area contributed by atoms with Crippen LogP contribution in [0.1, 0.15) is 27.2 Å². The monoisotopic (exact) mass is 322 g/mol. The minimum Gasteiger partial charge on any atom is -0.492 e. The first-order valence-corrected chi connectivity index (χ1v) is 8.10. The Hall–Kier alpha value is -2.75. The Kier molecular flexibility index (Phi) is 4.56. The number of ether oxygens (including phenoxy) is 1. The van der Waals surface area contributed by atoms with E-state index in [1.54, 1.807) is 0 Å². The first-order chi connectivity index (χ1) is 11.5. The second kappa shape index (κ2) is 6.79. The van der Waals surface area contributed by atoms with Gasteiger partial charge in [0.05, 0.1) is 6.54 Å². The maximum absolute atomic E-state index is 12.3. The van der Waals surface area contributed by atoms with E-state index >= 15 is 0 Å². The number of aromatic amines is 1. The molecular weight excluding hydrogens is 300 g/mol. The number of rotatable bonds is 5. The summed E-state index contributed by atoms with van der Waals surface area (Å²) in [6.45, 7) is 7.04. The van der Waals surface area contributed by atoms with Crippen LogP contribution in [0.15, 0.2) is 42.5 Å². The third-order valence-electron chi connectivity index (χ3n) is 4.01. The first kappa shape index (κ1) is 16.1. The van der Waals surface area contributed by atoms with E-state index in [1.807, 2.05) is 37.3 Å². The van der Waals surface area contributed by atoms with Crippen molar-refractivity contribution in [2.24, 2.45) is 0 Å². The Morgan fingerprint density at radius 3 is 2.54 bits per heavy atom. The van der Waals surface area contributed by atoms with Gasteiger partial charge in [0.15, 0.2) is 0 Å². The molecule has 4 nitrogen and oxygen atoms in total. The normalized spacial score (nSPS) is 10.8. The summed E-state index contributed by atoms with van der Waals surface area (Å²) in [5.41, 5.74) is 5.12. The molecule has 0 spiro atoms. The lowest BCUT2D eigenvalue weighted by atomic mass is 10.1. The molecular formula is C20H22N2O2. The number of nitrogens with one attached hydrogen (secondary N) is 2. The average molecular weight is 322 g/mol. The number of hydrogen-bond donors (Lipinski definition) is 2. The van der Waals surface area contributed by atoms with E-state index in [9.17, 15) is 4.79 Å². The molecule has 0 aliphatic carbocycles. The van der Waals surface area contributed by atoms with Crippen LogP contribution in [0, 0.1) is 20.8 Å². The third-order valence-corrected chi connectivity index (χ3v) is 4.01. The molecule has 0 fully saturated rings. The molecule has 2 aromatic carbocycles. The smallest absolute Gasteiger partial charge is 0.267 e. The highest BCUT2D eigenvalue weighted by atomic mass is 16.5. The Balaban J connectivity index is 1.57. The van der Waals surface area contributed by atoms with Crippen LogP contribution in [0.25, 0.3) is 10.9 Å². The van der Waals surface area contributed by atoms with Crippen LogP contribution in [0.3, 0.4) is 0 Å². The van der Waals surface area contributed by atoms with Crippen molar-refractivity contribution in [1.29, 1.82) is 0 Å². The summed E-state index contributed by atoms with van der Waals surface area (Å²) in [5.74, 6) is 0.697. The van der Waals surface area contributed by atoms with Crippen LogP contribution in [0.2, 0.25) is 0 Å². The number of H-pyrrole nitrogens is 1. The summed E-state index contributed by atoms with van der Waals surface area (Å²) < 4.78 is 5.62. The molecule has 1 amide bonds. The fourth-order valence-electron chi connectivity index (χ4n) is 2.78. The number of amides is 1. The summed E-state index contributed by atoms with van der Waals surface area (Å²) >= 11 is 0. The summed E-state index contributed by atoms with van der Waals surface area (Å²) in [5, 5.41) is 3.97. The van der Waals surface area contributed by atoms with Crippen molar-refractivity contribution in [2.75, 3.05) is 13.2 Å². The predicted octanol–water partition coefficient (Wildman–Crippen LogP) is 3.90. The number of fused-ring (bicyclic) bond motifs is 1. The summed E-state index contributed by atoms with van der Waals surface area (Å²) in [4.78, 5) is 15.5. The van der Waals surface area contributed by atoms with Gasteiger partial charge in [-0.15, -0.1) is 0 Å². The quantitative estimate of drug-likeness (QED) is 0.700. The van der Waals surface area contributed by atoms with Crippen LogP contribution in [0.4, 0.5) is 0 Å². The summed E-state index contributed by atoms with van der Waals surface area (Å²) in [6, 6.07) is 13.9. The van der Waals surface area contributed by atoms with Crippen molar-refractivity contribution >= 4 is 16.8 Å². The van der Waals surface area contributed by atoms with Gasteiger partial charge >= 0.3 is 0 Å². The lowest BCUT2D eigenvalue weighted by Gasteiger charge is -2.07.